The van der Waals surface area contributed by atoms with Crippen LogP contribution >= 0.6 is 0 Å². The van der Waals surface area contributed by atoms with E-state index in [4.69, 9.17) is 5.73 Å². The fourth-order valence-corrected chi connectivity index (χ4v) is 2.61. The van der Waals surface area contributed by atoms with E-state index in [2.05, 4.69) is 12.2 Å². The molecule has 0 rings (SSSR count). The van der Waals surface area contributed by atoms with E-state index < -0.39 is 0 Å². The molecule has 122 valence electrons. The SMILES string of the molecule is CCCCCNCCCCCCCCCCCCCN. The van der Waals surface area contributed by atoms with Crippen LogP contribution in [0, 0.1) is 0 Å². The summed E-state index contributed by atoms with van der Waals surface area (Å²) in [5.74, 6) is 0. The molecular formula is C18H40N2. The van der Waals surface area contributed by atoms with Crippen molar-refractivity contribution in [3.8, 4) is 0 Å². The second kappa shape index (κ2) is 18.9. The number of hydrogen-bond donors (Lipinski definition) is 2. The Bertz CT molecular complexity index is 141. The van der Waals surface area contributed by atoms with Crippen LogP contribution in [-0.2, 0) is 0 Å². The molecule has 20 heavy (non-hydrogen) atoms. The Morgan fingerprint density at radius 3 is 1.40 bits per heavy atom. The molecule has 0 saturated heterocycles. The van der Waals surface area contributed by atoms with E-state index in [1.54, 1.807) is 0 Å². The molecule has 0 bridgehead atoms. The van der Waals surface area contributed by atoms with Gasteiger partial charge in [-0.1, -0.05) is 77.6 Å². The molecule has 0 unspecified atom stereocenters. The maximum atomic E-state index is 5.48. The van der Waals surface area contributed by atoms with Crippen molar-refractivity contribution in [2.24, 2.45) is 5.73 Å². The van der Waals surface area contributed by atoms with Gasteiger partial charge in [-0.2, -0.15) is 0 Å². The molecule has 0 saturated carbocycles. The van der Waals surface area contributed by atoms with Crippen molar-refractivity contribution in [1.29, 1.82) is 0 Å². The molecule has 0 aromatic carbocycles. The van der Waals surface area contributed by atoms with Gasteiger partial charge in [-0.15, -0.1) is 0 Å². The molecule has 0 aromatic rings. The summed E-state index contributed by atoms with van der Waals surface area (Å²) in [5, 5.41) is 3.55. The Morgan fingerprint density at radius 1 is 0.550 bits per heavy atom. The van der Waals surface area contributed by atoms with Crippen molar-refractivity contribution in [1.82, 2.24) is 5.32 Å². The summed E-state index contributed by atoms with van der Waals surface area (Å²) in [4.78, 5) is 0. The molecule has 3 N–H and O–H groups in total. The molecule has 0 aromatic heterocycles. The Balaban J connectivity index is 2.89. The first-order valence-corrected chi connectivity index (χ1v) is 9.32. The summed E-state index contributed by atoms with van der Waals surface area (Å²) in [5.41, 5.74) is 5.48. The van der Waals surface area contributed by atoms with Crippen LogP contribution in [0.3, 0.4) is 0 Å². The molecule has 0 spiro atoms. The fraction of sp³-hybridized carbons (Fsp3) is 1.00. The Labute approximate surface area is 128 Å². The molecule has 2 heteroatoms. The summed E-state index contributed by atoms with van der Waals surface area (Å²) in [6.07, 6.45) is 19.4. The van der Waals surface area contributed by atoms with Gasteiger partial charge in [-0.05, 0) is 38.9 Å². The lowest BCUT2D eigenvalue weighted by Gasteiger charge is -2.04. The minimum atomic E-state index is 0.869. The number of unbranched alkanes of at least 4 members (excludes halogenated alkanes) is 12. The maximum absolute atomic E-state index is 5.48. The monoisotopic (exact) mass is 284 g/mol. The first-order valence-electron chi connectivity index (χ1n) is 9.32. The van der Waals surface area contributed by atoms with Gasteiger partial charge in [-0.25, -0.2) is 0 Å². The minimum absolute atomic E-state index is 0.869. The average Bonchev–Trinajstić information content (AvgIpc) is 2.47. The van der Waals surface area contributed by atoms with Gasteiger partial charge in [0.1, 0.15) is 0 Å². The molecule has 0 amide bonds. The third kappa shape index (κ3) is 17.9. The van der Waals surface area contributed by atoms with Crippen LogP contribution in [0.4, 0.5) is 0 Å². The van der Waals surface area contributed by atoms with Gasteiger partial charge in [-0.3, -0.25) is 0 Å². The van der Waals surface area contributed by atoms with Crippen molar-refractivity contribution >= 4 is 0 Å². The minimum Gasteiger partial charge on any atom is -0.330 e. The topological polar surface area (TPSA) is 38.0 Å². The molecule has 2 nitrogen and oxygen atoms in total. The summed E-state index contributed by atoms with van der Waals surface area (Å²) in [7, 11) is 0. The molecule has 0 aliphatic heterocycles. The van der Waals surface area contributed by atoms with Crippen molar-refractivity contribution in [3.63, 3.8) is 0 Å². The predicted molar refractivity (Wildman–Crippen MR) is 92.2 cm³/mol. The summed E-state index contributed by atoms with van der Waals surface area (Å²) in [6, 6.07) is 0. The van der Waals surface area contributed by atoms with Crippen LogP contribution in [0.15, 0.2) is 0 Å². The lowest BCUT2D eigenvalue weighted by Crippen LogP contribution is -2.16. The standard InChI is InChI=1S/C18H40N2/c1-2-3-14-17-20-18-15-12-10-8-6-4-5-7-9-11-13-16-19/h20H,2-19H2,1H3. The normalized spacial score (nSPS) is 11.1. The zero-order valence-electron chi connectivity index (χ0n) is 14.1. The van der Waals surface area contributed by atoms with Gasteiger partial charge in [0.25, 0.3) is 0 Å². The zero-order chi connectivity index (χ0) is 14.7. The Hall–Kier alpha value is -0.0800. The van der Waals surface area contributed by atoms with E-state index in [-0.39, 0.29) is 0 Å². The van der Waals surface area contributed by atoms with E-state index in [9.17, 15) is 0 Å². The smallest absolute Gasteiger partial charge is 0.00489 e. The van der Waals surface area contributed by atoms with Gasteiger partial charge >= 0.3 is 0 Å². The van der Waals surface area contributed by atoms with Crippen LogP contribution in [0.2, 0.25) is 0 Å². The number of hydrogen-bond acceptors (Lipinski definition) is 2. The van der Waals surface area contributed by atoms with Crippen molar-refractivity contribution in [2.75, 3.05) is 19.6 Å². The Morgan fingerprint density at radius 2 is 0.950 bits per heavy atom. The second-order valence-electron chi connectivity index (χ2n) is 6.13. The van der Waals surface area contributed by atoms with Gasteiger partial charge in [0, 0.05) is 0 Å². The predicted octanol–water partition coefficient (Wildman–Crippen LogP) is 5.02. The Kier molecular flexibility index (Phi) is 18.8. The highest BCUT2D eigenvalue weighted by atomic mass is 14.8. The lowest BCUT2D eigenvalue weighted by atomic mass is 10.1. The molecule has 0 radical (unpaired) electrons. The van der Waals surface area contributed by atoms with E-state index >= 15 is 0 Å². The highest BCUT2D eigenvalue weighted by molar-refractivity contribution is 4.51. The number of rotatable bonds is 17. The third-order valence-electron chi connectivity index (χ3n) is 4.01. The lowest BCUT2D eigenvalue weighted by molar-refractivity contribution is 0.533. The van der Waals surface area contributed by atoms with Crippen molar-refractivity contribution in [3.05, 3.63) is 0 Å². The van der Waals surface area contributed by atoms with E-state index in [1.165, 1.54) is 103 Å². The van der Waals surface area contributed by atoms with Crippen LogP contribution in [0.25, 0.3) is 0 Å². The molecular weight excluding hydrogens is 244 g/mol. The van der Waals surface area contributed by atoms with Crippen LogP contribution in [0.1, 0.15) is 96.8 Å². The van der Waals surface area contributed by atoms with Crippen LogP contribution in [0.5, 0.6) is 0 Å². The molecule has 0 aliphatic carbocycles. The fourth-order valence-electron chi connectivity index (χ4n) is 2.61. The average molecular weight is 285 g/mol. The number of nitrogens with two attached hydrogens (primary N) is 1. The van der Waals surface area contributed by atoms with E-state index in [1.807, 2.05) is 0 Å². The first kappa shape index (κ1) is 19.9. The van der Waals surface area contributed by atoms with E-state index in [0.29, 0.717) is 0 Å². The van der Waals surface area contributed by atoms with E-state index in [0.717, 1.165) is 6.54 Å². The second-order valence-corrected chi connectivity index (χ2v) is 6.13. The molecule has 0 heterocycles. The quantitative estimate of drug-likeness (QED) is 0.368. The van der Waals surface area contributed by atoms with Gasteiger partial charge < -0.3 is 11.1 Å². The van der Waals surface area contributed by atoms with Crippen molar-refractivity contribution in [2.45, 2.75) is 96.8 Å². The summed E-state index contributed by atoms with van der Waals surface area (Å²) >= 11 is 0. The highest BCUT2D eigenvalue weighted by Crippen LogP contribution is 2.10. The van der Waals surface area contributed by atoms with Crippen LogP contribution in [-0.4, -0.2) is 19.6 Å². The first-order chi connectivity index (χ1) is 9.91. The largest absolute Gasteiger partial charge is 0.330 e. The van der Waals surface area contributed by atoms with Crippen molar-refractivity contribution < 1.29 is 0 Å². The summed E-state index contributed by atoms with van der Waals surface area (Å²) in [6.45, 7) is 5.58. The zero-order valence-corrected chi connectivity index (χ0v) is 14.1. The molecule has 0 aliphatic rings. The van der Waals surface area contributed by atoms with Crippen LogP contribution < -0.4 is 11.1 Å². The maximum Gasteiger partial charge on any atom is -0.00489 e. The van der Waals surface area contributed by atoms with Gasteiger partial charge in [0.2, 0.25) is 0 Å². The molecule has 0 atom stereocenters. The van der Waals surface area contributed by atoms with Gasteiger partial charge in [0.15, 0.2) is 0 Å². The highest BCUT2D eigenvalue weighted by Gasteiger charge is 1.93. The van der Waals surface area contributed by atoms with Gasteiger partial charge in [0.05, 0.1) is 0 Å². The summed E-state index contributed by atoms with van der Waals surface area (Å²) < 4.78 is 0. The molecule has 0 fully saturated rings. The third-order valence-corrected chi connectivity index (χ3v) is 4.01. The number of nitrogens with one attached hydrogen (secondary N) is 1.